The summed E-state index contributed by atoms with van der Waals surface area (Å²) in [6.45, 7) is 4.40. The van der Waals surface area contributed by atoms with Crippen LogP contribution in [-0.2, 0) is 35.2 Å². The maximum absolute atomic E-state index is 13.5. The molecular weight excluding hydrogens is 508 g/mol. The number of carbonyl (C=O) groups excluding carboxylic acids is 6. The molecule has 0 radical (unpaired) electrons. The molecule has 0 aromatic heterocycles. The molecule has 1 aromatic carbocycles. The smallest absolute Gasteiger partial charge is 0.248 e. The molecule has 3 N–H and O–H groups in total. The van der Waals surface area contributed by atoms with Gasteiger partial charge in [0.25, 0.3) is 0 Å². The van der Waals surface area contributed by atoms with Crippen LogP contribution in [0.3, 0.4) is 0 Å². The predicted molar refractivity (Wildman–Crippen MR) is 139 cm³/mol. The molecule has 1 unspecified atom stereocenters. The molecule has 13 nitrogen and oxygen atoms in total. The van der Waals surface area contributed by atoms with E-state index < -0.39 is 71.7 Å². The van der Waals surface area contributed by atoms with E-state index in [9.17, 15) is 28.8 Å². The fraction of sp³-hybridized carbons (Fsp3) is 0.538. The summed E-state index contributed by atoms with van der Waals surface area (Å²) in [5.41, 5.74) is 0.736. The molecule has 13 heteroatoms. The van der Waals surface area contributed by atoms with Crippen molar-refractivity contribution in [2.45, 2.75) is 63.4 Å². The molecule has 0 spiro atoms. The molecule has 0 bridgehead atoms. The number of fused-ring (bicyclic) bond motifs is 1. The first kappa shape index (κ1) is 29.4. The number of rotatable bonds is 3. The van der Waals surface area contributed by atoms with Crippen LogP contribution in [0.15, 0.2) is 24.3 Å². The van der Waals surface area contributed by atoms with Gasteiger partial charge in [-0.3, -0.25) is 28.8 Å². The summed E-state index contributed by atoms with van der Waals surface area (Å²) in [5, 5.41) is 7.79. The number of nitrogens with one attached hydrogen (secondary N) is 3. The number of likely N-dealkylation sites (N-methyl/N-ethyl adjacent to an activating group) is 3. The van der Waals surface area contributed by atoms with Gasteiger partial charge in [0.15, 0.2) is 0 Å². The number of nitrogens with zero attached hydrogens (tertiary/aromatic N) is 3. The number of hydrogen-bond donors (Lipinski definition) is 3. The lowest BCUT2D eigenvalue weighted by Gasteiger charge is -2.48. The molecule has 2 saturated heterocycles. The van der Waals surface area contributed by atoms with E-state index in [-0.39, 0.29) is 6.42 Å². The van der Waals surface area contributed by atoms with E-state index in [2.05, 4.69) is 16.0 Å². The maximum atomic E-state index is 13.5. The zero-order valence-corrected chi connectivity index (χ0v) is 23.2. The Morgan fingerprint density at radius 3 is 1.69 bits per heavy atom. The Morgan fingerprint density at radius 2 is 1.13 bits per heavy atom. The molecule has 3 rings (SSSR count). The highest BCUT2D eigenvalue weighted by atomic mass is 16.5. The van der Waals surface area contributed by atoms with Gasteiger partial charge in [-0.2, -0.15) is 0 Å². The summed E-state index contributed by atoms with van der Waals surface area (Å²) in [5.74, 6) is -2.79. The molecule has 2 aliphatic rings. The molecule has 2 aliphatic heterocycles. The number of likely N-dealkylation sites (tertiary alicyclic amines) is 1. The Labute approximate surface area is 227 Å². The van der Waals surface area contributed by atoms with Gasteiger partial charge in [0.05, 0.1) is 7.11 Å². The van der Waals surface area contributed by atoms with Crippen LogP contribution in [0.1, 0.15) is 26.3 Å². The summed E-state index contributed by atoms with van der Waals surface area (Å²) in [6, 6.07) is 0.728. The molecular formula is C26H36N6O7. The van der Waals surface area contributed by atoms with Crippen molar-refractivity contribution in [1.29, 1.82) is 0 Å². The van der Waals surface area contributed by atoms with Gasteiger partial charge in [0.1, 0.15) is 42.0 Å². The number of hydrogen-bond acceptors (Lipinski definition) is 7. The molecule has 6 atom stereocenters. The molecule has 39 heavy (non-hydrogen) atoms. The van der Waals surface area contributed by atoms with Gasteiger partial charge in [-0.25, -0.2) is 0 Å². The number of ether oxygens (including phenoxy) is 1. The molecule has 2 fully saturated rings. The van der Waals surface area contributed by atoms with Crippen LogP contribution in [-0.4, -0.2) is 115 Å². The fourth-order valence-electron chi connectivity index (χ4n) is 4.73. The Bertz CT molecular complexity index is 1160. The number of carbonyl (C=O) groups is 6. The molecule has 212 valence electrons. The molecule has 0 saturated carbocycles. The van der Waals surface area contributed by atoms with E-state index in [0.717, 1.165) is 10.5 Å². The fourth-order valence-corrected chi connectivity index (χ4v) is 4.73. The molecule has 2 heterocycles. The standard InChI is InChI=1S/C26H36N6O7/c1-13-21(33)28-14(2)24(36)30(4)18(12-16-8-10-17(39-7)11-9-16)22(34)29-15(3)25(37)32(6)20-19(23(35)27-13)31(5)26(20)38/h8-11,13-15,18-20H,12H2,1-7H3,(H,27,35)(H,28,33)(H,29,34)/t13?,14-,15-,18-,19+,20+/m0/s1. The summed E-state index contributed by atoms with van der Waals surface area (Å²) in [6.07, 6.45) is 0.121. The first-order valence-corrected chi connectivity index (χ1v) is 12.6. The number of methoxy groups -OCH3 is 1. The van der Waals surface area contributed by atoms with E-state index >= 15 is 0 Å². The normalized spacial score (nSPS) is 29.3. The average molecular weight is 545 g/mol. The van der Waals surface area contributed by atoms with Crippen LogP contribution in [0.5, 0.6) is 5.75 Å². The topological polar surface area (TPSA) is 157 Å². The highest BCUT2D eigenvalue weighted by Crippen LogP contribution is 2.24. The van der Waals surface area contributed by atoms with Gasteiger partial charge in [0.2, 0.25) is 35.4 Å². The van der Waals surface area contributed by atoms with Crippen LogP contribution in [0.25, 0.3) is 0 Å². The van der Waals surface area contributed by atoms with Crippen molar-refractivity contribution in [1.82, 2.24) is 30.7 Å². The van der Waals surface area contributed by atoms with E-state index in [0.29, 0.717) is 5.75 Å². The third-order valence-corrected chi connectivity index (χ3v) is 7.27. The summed E-state index contributed by atoms with van der Waals surface area (Å²) < 4.78 is 5.18. The average Bonchev–Trinajstić information content (AvgIpc) is 2.91. The minimum atomic E-state index is -1.09. The summed E-state index contributed by atoms with van der Waals surface area (Å²) in [7, 11) is 5.78. The van der Waals surface area contributed by atoms with Crippen LogP contribution < -0.4 is 20.7 Å². The summed E-state index contributed by atoms with van der Waals surface area (Å²) >= 11 is 0. The third kappa shape index (κ3) is 5.96. The van der Waals surface area contributed by atoms with Crippen molar-refractivity contribution in [3.05, 3.63) is 29.8 Å². The lowest BCUT2D eigenvalue weighted by Crippen LogP contribution is -2.75. The number of benzene rings is 1. The minimum Gasteiger partial charge on any atom is -0.497 e. The van der Waals surface area contributed by atoms with Gasteiger partial charge in [-0.1, -0.05) is 12.1 Å². The predicted octanol–water partition coefficient (Wildman–Crippen LogP) is -1.74. The number of β-lactam (4-membered cyclic amide) rings is 1. The van der Waals surface area contributed by atoms with Crippen molar-refractivity contribution in [3.63, 3.8) is 0 Å². The second-order valence-electron chi connectivity index (χ2n) is 10.00. The largest absolute Gasteiger partial charge is 0.497 e. The molecule has 0 aliphatic carbocycles. The first-order valence-electron chi connectivity index (χ1n) is 12.6. The van der Waals surface area contributed by atoms with Crippen LogP contribution in [0, 0.1) is 0 Å². The lowest BCUT2D eigenvalue weighted by atomic mass is 9.92. The van der Waals surface area contributed by atoms with Gasteiger partial charge >= 0.3 is 0 Å². The minimum absolute atomic E-state index is 0.121. The van der Waals surface area contributed by atoms with Crippen LogP contribution in [0.2, 0.25) is 0 Å². The van der Waals surface area contributed by atoms with Gasteiger partial charge in [-0.05, 0) is 38.5 Å². The molecule has 6 amide bonds. The van der Waals surface area contributed by atoms with Crippen LogP contribution in [0.4, 0.5) is 0 Å². The van der Waals surface area contributed by atoms with Crippen molar-refractivity contribution in [2.75, 3.05) is 28.3 Å². The lowest BCUT2D eigenvalue weighted by molar-refractivity contribution is -0.167. The Morgan fingerprint density at radius 1 is 0.641 bits per heavy atom. The van der Waals surface area contributed by atoms with Crippen LogP contribution >= 0.6 is 0 Å². The van der Waals surface area contributed by atoms with Gasteiger partial charge < -0.3 is 35.4 Å². The van der Waals surface area contributed by atoms with E-state index in [1.807, 2.05) is 0 Å². The monoisotopic (exact) mass is 544 g/mol. The Hall–Kier alpha value is -4.16. The second kappa shape index (κ2) is 11.7. The van der Waals surface area contributed by atoms with Crippen molar-refractivity contribution in [3.8, 4) is 5.75 Å². The number of amides is 6. The molecule has 1 aromatic rings. The van der Waals surface area contributed by atoms with E-state index in [1.165, 1.54) is 58.8 Å². The van der Waals surface area contributed by atoms with Crippen molar-refractivity contribution in [2.24, 2.45) is 0 Å². The highest BCUT2D eigenvalue weighted by Gasteiger charge is 2.53. The van der Waals surface area contributed by atoms with Gasteiger partial charge in [0, 0.05) is 27.6 Å². The third-order valence-electron chi connectivity index (χ3n) is 7.27. The quantitative estimate of drug-likeness (QED) is 0.381. The van der Waals surface area contributed by atoms with Crippen molar-refractivity contribution >= 4 is 35.4 Å². The summed E-state index contributed by atoms with van der Waals surface area (Å²) in [4.78, 5) is 81.9. The zero-order chi connectivity index (χ0) is 29.2. The van der Waals surface area contributed by atoms with E-state index in [1.54, 1.807) is 24.3 Å². The van der Waals surface area contributed by atoms with Gasteiger partial charge in [-0.15, -0.1) is 0 Å². The second-order valence-corrected chi connectivity index (χ2v) is 10.00. The first-order chi connectivity index (χ1) is 18.3. The van der Waals surface area contributed by atoms with E-state index in [4.69, 9.17) is 4.74 Å². The SMILES string of the molecule is COc1ccc(C[C@H]2C(=O)N[C@@H](C)C(=O)N(C)[C@H]3C(=O)N(C)[C@H]3C(=O)NC(C)C(=O)N[C@@H](C)C(=O)N2C)cc1. The Balaban J connectivity index is 1.96. The maximum Gasteiger partial charge on any atom is 0.248 e. The highest BCUT2D eigenvalue weighted by molar-refractivity contribution is 6.05. The van der Waals surface area contributed by atoms with Crippen molar-refractivity contribution < 1.29 is 33.5 Å². The Kier molecular flexibility index (Phi) is 8.82. The zero-order valence-electron chi connectivity index (χ0n) is 23.2.